The predicted octanol–water partition coefficient (Wildman–Crippen LogP) is 6.36. The molecule has 4 rings (SSSR count). The molecule has 0 saturated carbocycles. The average Bonchev–Trinajstić information content (AvgIpc) is 3.10. The van der Waals surface area contributed by atoms with Crippen LogP contribution in [0.15, 0.2) is 30.9 Å². The summed E-state index contributed by atoms with van der Waals surface area (Å²) < 4.78 is 79.9. The van der Waals surface area contributed by atoms with Crippen LogP contribution < -0.4 is 4.90 Å². The number of aromatic amines is 1. The number of halogens is 7. The Bertz CT molecular complexity index is 1170. The third-order valence-corrected chi connectivity index (χ3v) is 5.83. The van der Waals surface area contributed by atoms with Gasteiger partial charge in [0.25, 0.3) is 0 Å². The van der Waals surface area contributed by atoms with Crippen molar-refractivity contribution < 1.29 is 26.3 Å². The molecule has 1 aromatic carbocycles. The monoisotopic (exact) mass is 489 g/mol. The lowest BCUT2D eigenvalue weighted by Crippen LogP contribution is -2.38. The van der Waals surface area contributed by atoms with Crippen LogP contribution in [0.5, 0.6) is 0 Å². The van der Waals surface area contributed by atoms with Crippen molar-refractivity contribution in [2.45, 2.75) is 38.2 Å². The zero-order valence-corrected chi connectivity index (χ0v) is 18.0. The van der Waals surface area contributed by atoms with Gasteiger partial charge in [-0.3, -0.25) is 0 Å². The Morgan fingerprint density at radius 1 is 1.15 bits per heavy atom. The number of nitrogens with zero attached hydrogens (tertiary/aromatic N) is 4. The van der Waals surface area contributed by atoms with Crippen molar-refractivity contribution in [3.8, 4) is 0 Å². The van der Waals surface area contributed by atoms with Gasteiger partial charge in [-0.05, 0) is 42.5 Å². The Morgan fingerprint density at radius 3 is 2.36 bits per heavy atom. The number of fused-ring (bicyclic) bond motifs is 3. The summed E-state index contributed by atoms with van der Waals surface area (Å²) >= 11 is 6.13. The van der Waals surface area contributed by atoms with Crippen molar-refractivity contribution in [3.63, 3.8) is 0 Å². The van der Waals surface area contributed by atoms with Gasteiger partial charge in [0.05, 0.1) is 6.04 Å². The summed E-state index contributed by atoms with van der Waals surface area (Å²) in [4.78, 5) is 14.0. The number of hydrogen-bond acceptors (Lipinski definition) is 4. The Kier molecular flexibility index (Phi) is 5.80. The van der Waals surface area contributed by atoms with E-state index in [1.54, 1.807) is 24.3 Å². The maximum atomic E-state index is 13.3. The van der Waals surface area contributed by atoms with Gasteiger partial charge in [0.2, 0.25) is 17.6 Å². The van der Waals surface area contributed by atoms with Gasteiger partial charge in [0.15, 0.2) is 0 Å². The summed E-state index contributed by atoms with van der Waals surface area (Å²) in [5.74, 6) is -4.54. The second-order valence-corrected chi connectivity index (χ2v) is 8.33. The molecule has 0 amide bonds. The molecule has 0 bridgehead atoms. The van der Waals surface area contributed by atoms with E-state index in [-0.39, 0.29) is 12.5 Å². The van der Waals surface area contributed by atoms with Crippen molar-refractivity contribution in [2.75, 3.05) is 11.4 Å². The topological polar surface area (TPSA) is 57.7 Å². The van der Waals surface area contributed by atoms with Crippen molar-refractivity contribution >= 4 is 28.5 Å². The lowest BCUT2D eigenvalue weighted by molar-refractivity contribution is -0.155. The van der Waals surface area contributed by atoms with E-state index in [0.717, 1.165) is 16.5 Å². The summed E-state index contributed by atoms with van der Waals surface area (Å²) in [5, 5.41) is 1.38. The van der Waals surface area contributed by atoms with Gasteiger partial charge < -0.3 is 9.88 Å². The van der Waals surface area contributed by atoms with Gasteiger partial charge in [-0.25, -0.2) is 4.98 Å². The molecule has 3 heterocycles. The molecule has 12 heteroatoms. The smallest absolute Gasteiger partial charge is 0.356 e. The zero-order chi connectivity index (χ0) is 24.1. The number of benzene rings is 1. The van der Waals surface area contributed by atoms with Crippen LogP contribution in [0.2, 0.25) is 5.02 Å². The molecule has 0 saturated heterocycles. The molecular formula is C21H18ClF6N5. The Labute approximate surface area is 189 Å². The van der Waals surface area contributed by atoms with Crippen molar-refractivity contribution in [1.29, 1.82) is 0 Å². The fourth-order valence-corrected chi connectivity index (χ4v) is 4.19. The molecule has 0 aliphatic carbocycles. The van der Waals surface area contributed by atoms with E-state index in [4.69, 9.17) is 11.6 Å². The molecule has 2 aromatic heterocycles. The maximum absolute atomic E-state index is 13.3. The Morgan fingerprint density at radius 2 is 1.79 bits per heavy atom. The minimum absolute atomic E-state index is 0.0931. The lowest BCUT2D eigenvalue weighted by atomic mass is 9.91. The summed E-state index contributed by atoms with van der Waals surface area (Å²) in [5.41, 5.74) is 2.35. The Balaban J connectivity index is 1.88. The number of hydrogen-bond donors (Lipinski definition) is 1. The standard InChI is InChI=1S/C21H18ClF6N5/c1-3-10(2)8-15-16-12(13-9-11(22)4-5-14(13)29-16)6-7-33(15)19-31-17(20(23,24)25)30-18(32-19)21(26,27)28/h3-5,9-10,15,29H,1,6-8H2,2H3/t10?,15-/m0/s1. The summed E-state index contributed by atoms with van der Waals surface area (Å²) in [7, 11) is 0. The highest BCUT2D eigenvalue weighted by Crippen LogP contribution is 2.41. The van der Waals surface area contributed by atoms with Crippen LogP contribution in [0.25, 0.3) is 10.9 Å². The highest BCUT2D eigenvalue weighted by atomic mass is 35.5. The molecule has 0 fully saturated rings. The fraction of sp³-hybridized carbons (Fsp3) is 0.381. The van der Waals surface area contributed by atoms with E-state index in [0.29, 0.717) is 23.6 Å². The largest absolute Gasteiger partial charge is 0.451 e. The molecule has 3 aromatic rings. The molecule has 0 spiro atoms. The van der Waals surface area contributed by atoms with Crippen molar-refractivity contribution in [3.05, 3.63) is 58.8 Å². The van der Waals surface area contributed by atoms with Gasteiger partial charge in [-0.15, -0.1) is 6.58 Å². The third kappa shape index (κ3) is 4.50. The van der Waals surface area contributed by atoms with Gasteiger partial charge >= 0.3 is 12.4 Å². The molecule has 5 nitrogen and oxygen atoms in total. The highest BCUT2D eigenvalue weighted by Gasteiger charge is 2.43. The second-order valence-electron chi connectivity index (χ2n) is 7.89. The van der Waals surface area contributed by atoms with E-state index >= 15 is 0 Å². The van der Waals surface area contributed by atoms with E-state index in [2.05, 4.69) is 26.5 Å². The van der Waals surface area contributed by atoms with Crippen LogP contribution in [0, 0.1) is 5.92 Å². The Hall–Kier alpha value is -2.82. The van der Waals surface area contributed by atoms with Crippen LogP contribution in [0.3, 0.4) is 0 Å². The number of allylic oxidation sites excluding steroid dienone is 1. The quantitative estimate of drug-likeness (QED) is 0.342. The predicted molar refractivity (Wildman–Crippen MR) is 111 cm³/mol. The number of H-pyrrole nitrogens is 1. The first-order valence-electron chi connectivity index (χ1n) is 9.98. The lowest BCUT2D eigenvalue weighted by Gasteiger charge is -2.37. The van der Waals surface area contributed by atoms with Crippen molar-refractivity contribution in [1.82, 2.24) is 19.9 Å². The molecule has 2 atom stereocenters. The first-order valence-corrected chi connectivity index (χ1v) is 10.4. The molecule has 1 aliphatic heterocycles. The normalized spacial score (nSPS) is 17.8. The molecule has 176 valence electrons. The van der Waals surface area contributed by atoms with Gasteiger partial charge in [-0.2, -0.15) is 36.3 Å². The van der Waals surface area contributed by atoms with Gasteiger partial charge in [0, 0.05) is 28.2 Å². The molecule has 1 N–H and O–H groups in total. The summed E-state index contributed by atoms with van der Waals surface area (Å²) in [6, 6.07) is 4.64. The molecular weight excluding hydrogens is 472 g/mol. The molecule has 1 unspecified atom stereocenters. The van der Waals surface area contributed by atoms with Crippen LogP contribution in [0.4, 0.5) is 32.3 Å². The average molecular weight is 490 g/mol. The molecule has 33 heavy (non-hydrogen) atoms. The van der Waals surface area contributed by atoms with E-state index in [1.165, 1.54) is 4.90 Å². The number of anilines is 1. The first-order chi connectivity index (χ1) is 15.4. The number of nitrogens with one attached hydrogen (secondary N) is 1. The third-order valence-electron chi connectivity index (χ3n) is 5.60. The summed E-state index contributed by atoms with van der Waals surface area (Å²) in [6.07, 6.45) is -7.95. The number of aromatic nitrogens is 4. The first kappa shape index (κ1) is 23.3. The SMILES string of the molecule is C=CC(C)C[C@H]1c2[nH]c3ccc(Cl)cc3c2CCN1c1nc(C(F)(F)F)nc(C(F)(F)F)n1. The minimum atomic E-state index is -5.17. The van der Waals surface area contributed by atoms with E-state index < -0.39 is 36.0 Å². The number of rotatable bonds is 4. The van der Waals surface area contributed by atoms with Gasteiger partial charge in [0.1, 0.15) is 0 Å². The summed E-state index contributed by atoms with van der Waals surface area (Å²) in [6.45, 7) is 5.71. The van der Waals surface area contributed by atoms with Crippen molar-refractivity contribution in [2.24, 2.45) is 5.92 Å². The fourth-order valence-electron chi connectivity index (χ4n) is 4.02. The van der Waals surface area contributed by atoms with E-state index in [1.807, 2.05) is 6.92 Å². The van der Waals surface area contributed by atoms with E-state index in [9.17, 15) is 26.3 Å². The second kappa shape index (κ2) is 8.19. The van der Waals surface area contributed by atoms with Crippen LogP contribution in [0.1, 0.15) is 42.3 Å². The van der Waals surface area contributed by atoms with Crippen LogP contribution in [-0.4, -0.2) is 26.5 Å². The van der Waals surface area contributed by atoms with Crippen LogP contribution in [-0.2, 0) is 18.8 Å². The van der Waals surface area contributed by atoms with Crippen LogP contribution >= 0.6 is 11.6 Å². The highest BCUT2D eigenvalue weighted by molar-refractivity contribution is 6.31. The minimum Gasteiger partial charge on any atom is -0.356 e. The molecule has 1 aliphatic rings. The maximum Gasteiger partial charge on any atom is 0.451 e. The molecule has 0 radical (unpaired) electrons. The zero-order valence-electron chi connectivity index (χ0n) is 17.2. The van der Waals surface area contributed by atoms with Gasteiger partial charge in [-0.1, -0.05) is 24.6 Å². The number of alkyl halides is 6.